The summed E-state index contributed by atoms with van der Waals surface area (Å²) in [5, 5.41) is 4.20. The van der Waals surface area contributed by atoms with Crippen molar-refractivity contribution in [2.24, 2.45) is 0 Å². The summed E-state index contributed by atoms with van der Waals surface area (Å²) in [6.07, 6.45) is 0. The number of H-pyrrole nitrogens is 1. The van der Waals surface area contributed by atoms with E-state index in [1.807, 2.05) is 30.0 Å². The first-order chi connectivity index (χ1) is 8.69. The van der Waals surface area contributed by atoms with Crippen molar-refractivity contribution in [1.82, 2.24) is 15.3 Å². The number of imidazole rings is 1. The van der Waals surface area contributed by atoms with Gasteiger partial charge in [0.1, 0.15) is 5.82 Å². The highest BCUT2D eigenvalue weighted by atomic mass is 35.5. The molecular weight excluding hydrogens is 266 g/mol. The molecule has 0 aliphatic rings. The van der Waals surface area contributed by atoms with E-state index in [-0.39, 0.29) is 0 Å². The van der Waals surface area contributed by atoms with Crippen molar-refractivity contribution in [1.29, 1.82) is 0 Å². The number of hydrogen-bond acceptors (Lipinski definition) is 3. The van der Waals surface area contributed by atoms with Crippen LogP contribution >= 0.6 is 23.4 Å². The lowest BCUT2D eigenvalue weighted by Gasteiger charge is -2.11. The number of thioether (sulfide) groups is 1. The molecular formula is C13H18ClN3S. The van der Waals surface area contributed by atoms with Gasteiger partial charge in [-0.1, -0.05) is 18.5 Å². The Kier molecular flexibility index (Phi) is 4.92. The lowest BCUT2D eigenvalue weighted by molar-refractivity contribution is 0.582. The molecule has 1 atom stereocenters. The summed E-state index contributed by atoms with van der Waals surface area (Å²) in [6.45, 7) is 5.14. The van der Waals surface area contributed by atoms with Gasteiger partial charge in [0.2, 0.25) is 0 Å². The van der Waals surface area contributed by atoms with Gasteiger partial charge in [0.05, 0.1) is 17.6 Å². The molecule has 1 heterocycles. The van der Waals surface area contributed by atoms with Crippen LogP contribution in [0.5, 0.6) is 0 Å². The van der Waals surface area contributed by atoms with E-state index < -0.39 is 0 Å². The summed E-state index contributed by atoms with van der Waals surface area (Å²) in [7, 11) is 0. The average Bonchev–Trinajstić information content (AvgIpc) is 2.75. The van der Waals surface area contributed by atoms with E-state index in [1.54, 1.807) is 0 Å². The van der Waals surface area contributed by atoms with Gasteiger partial charge in [0, 0.05) is 16.8 Å². The third-order valence-electron chi connectivity index (χ3n) is 2.68. The molecule has 3 nitrogen and oxygen atoms in total. The van der Waals surface area contributed by atoms with E-state index in [4.69, 9.17) is 11.6 Å². The summed E-state index contributed by atoms with van der Waals surface area (Å²) in [6, 6.07) is 6.20. The second kappa shape index (κ2) is 6.45. The zero-order chi connectivity index (χ0) is 13.0. The molecule has 0 saturated carbocycles. The van der Waals surface area contributed by atoms with Crippen molar-refractivity contribution in [3.63, 3.8) is 0 Å². The molecule has 2 aromatic rings. The summed E-state index contributed by atoms with van der Waals surface area (Å²) in [4.78, 5) is 7.81. The van der Waals surface area contributed by atoms with Crippen molar-refractivity contribution in [2.75, 3.05) is 11.5 Å². The lowest BCUT2D eigenvalue weighted by atomic mass is 10.3. The van der Waals surface area contributed by atoms with Gasteiger partial charge in [-0.05, 0) is 30.9 Å². The molecule has 0 aliphatic heterocycles. The Morgan fingerprint density at radius 3 is 3.11 bits per heavy atom. The van der Waals surface area contributed by atoms with Crippen molar-refractivity contribution in [3.8, 4) is 0 Å². The topological polar surface area (TPSA) is 40.7 Å². The van der Waals surface area contributed by atoms with Gasteiger partial charge in [0.15, 0.2) is 0 Å². The zero-order valence-electron chi connectivity index (χ0n) is 10.7. The molecule has 1 aromatic carbocycles. The lowest BCUT2D eigenvalue weighted by Crippen LogP contribution is -2.28. The summed E-state index contributed by atoms with van der Waals surface area (Å²) < 4.78 is 0. The average molecular weight is 284 g/mol. The SMILES string of the molecule is CCSC[C@@H](C)NCc1nc2ccc(Cl)cc2[nH]1. The minimum atomic E-state index is 0.492. The molecule has 0 amide bonds. The Morgan fingerprint density at radius 1 is 1.50 bits per heavy atom. The van der Waals surface area contributed by atoms with E-state index in [0.717, 1.165) is 39.9 Å². The van der Waals surface area contributed by atoms with Gasteiger partial charge in [0.25, 0.3) is 0 Å². The van der Waals surface area contributed by atoms with Gasteiger partial charge >= 0.3 is 0 Å². The van der Waals surface area contributed by atoms with Gasteiger partial charge < -0.3 is 10.3 Å². The van der Waals surface area contributed by atoms with Crippen molar-refractivity contribution >= 4 is 34.4 Å². The van der Waals surface area contributed by atoms with E-state index in [1.165, 1.54) is 0 Å². The van der Waals surface area contributed by atoms with Crippen LogP contribution in [0.1, 0.15) is 19.7 Å². The zero-order valence-corrected chi connectivity index (χ0v) is 12.2. The maximum atomic E-state index is 5.95. The number of nitrogens with one attached hydrogen (secondary N) is 2. The van der Waals surface area contributed by atoms with Crippen LogP contribution in [0, 0.1) is 0 Å². The van der Waals surface area contributed by atoms with Crippen molar-refractivity contribution < 1.29 is 0 Å². The smallest absolute Gasteiger partial charge is 0.121 e. The third kappa shape index (κ3) is 3.64. The predicted molar refractivity (Wildman–Crippen MR) is 80.4 cm³/mol. The van der Waals surface area contributed by atoms with Crippen LogP contribution in [0.15, 0.2) is 18.2 Å². The van der Waals surface area contributed by atoms with Crippen LogP contribution in [-0.4, -0.2) is 27.5 Å². The Balaban J connectivity index is 1.95. The molecule has 1 aromatic heterocycles. The number of benzene rings is 1. The van der Waals surface area contributed by atoms with Gasteiger partial charge in [-0.15, -0.1) is 0 Å². The van der Waals surface area contributed by atoms with Crippen molar-refractivity contribution in [2.45, 2.75) is 26.4 Å². The first-order valence-corrected chi connectivity index (χ1v) is 7.67. The maximum absolute atomic E-state index is 5.95. The molecule has 5 heteroatoms. The Bertz CT molecular complexity index is 512. The molecule has 0 radical (unpaired) electrons. The number of hydrogen-bond donors (Lipinski definition) is 2. The van der Waals surface area contributed by atoms with Gasteiger partial charge in [-0.25, -0.2) is 4.98 Å². The number of fused-ring (bicyclic) bond motifs is 1. The number of aromatic amines is 1. The van der Waals surface area contributed by atoms with Crippen molar-refractivity contribution in [3.05, 3.63) is 29.0 Å². The third-order valence-corrected chi connectivity index (χ3v) is 4.06. The molecule has 0 saturated heterocycles. The maximum Gasteiger partial charge on any atom is 0.121 e. The van der Waals surface area contributed by atoms with E-state index in [9.17, 15) is 0 Å². The minimum Gasteiger partial charge on any atom is -0.341 e. The molecule has 0 spiro atoms. The summed E-state index contributed by atoms with van der Waals surface area (Å²) in [5.74, 6) is 3.25. The van der Waals surface area contributed by atoms with Crippen LogP contribution in [0.4, 0.5) is 0 Å². The predicted octanol–water partition coefficient (Wildman–Crippen LogP) is 3.45. The monoisotopic (exact) mass is 283 g/mol. The van der Waals surface area contributed by atoms with E-state index >= 15 is 0 Å². The van der Waals surface area contributed by atoms with Crippen LogP contribution in [0.2, 0.25) is 5.02 Å². The number of halogens is 1. The number of aromatic nitrogens is 2. The van der Waals surface area contributed by atoms with E-state index in [2.05, 4.69) is 29.1 Å². The highest BCUT2D eigenvalue weighted by Crippen LogP contribution is 2.17. The summed E-state index contributed by atoms with van der Waals surface area (Å²) in [5.41, 5.74) is 1.96. The fraction of sp³-hybridized carbons (Fsp3) is 0.462. The van der Waals surface area contributed by atoms with Crippen LogP contribution in [-0.2, 0) is 6.54 Å². The fourth-order valence-corrected chi connectivity index (χ4v) is 2.62. The quantitative estimate of drug-likeness (QED) is 0.853. The normalized spacial score (nSPS) is 13.1. The molecule has 0 bridgehead atoms. The Hall–Kier alpha value is -0.710. The van der Waals surface area contributed by atoms with Crippen LogP contribution < -0.4 is 5.32 Å². The fourth-order valence-electron chi connectivity index (χ4n) is 1.74. The highest BCUT2D eigenvalue weighted by molar-refractivity contribution is 7.99. The molecule has 98 valence electrons. The molecule has 18 heavy (non-hydrogen) atoms. The first kappa shape index (κ1) is 13.7. The first-order valence-electron chi connectivity index (χ1n) is 6.14. The largest absolute Gasteiger partial charge is 0.341 e. The standard InChI is InChI=1S/C13H18ClN3S/c1-3-18-8-9(2)15-7-13-16-11-5-4-10(14)6-12(11)17-13/h4-6,9,15H,3,7-8H2,1-2H3,(H,16,17)/t9-/m1/s1. The minimum absolute atomic E-state index is 0.492. The van der Waals surface area contributed by atoms with Gasteiger partial charge in [-0.2, -0.15) is 11.8 Å². The van der Waals surface area contributed by atoms with E-state index in [0.29, 0.717) is 6.04 Å². The van der Waals surface area contributed by atoms with Crippen LogP contribution in [0.25, 0.3) is 11.0 Å². The molecule has 2 rings (SSSR count). The molecule has 0 fully saturated rings. The number of nitrogens with zero attached hydrogens (tertiary/aromatic N) is 1. The molecule has 0 unspecified atom stereocenters. The Morgan fingerprint density at radius 2 is 2.33 bits per heavy atom. The Labute approximate surface area is 117 Å². The highest BCUT2D eigenvalue weighted by Gasteiger charge is 2.05. The summed E-state index contributed by atoms with van der Waals surface area (Å²) >= 11 is 7.89. The second-order valence-corrected chi connectivity index (χ2v) is 6.04. The van der Waals surface area contributed by atoms with Gasteiger partial charge in [-0.3, -0.25) is 0 Å². The van der Waals surface area contributed by atoms with Crippen LogP contribution in [0.3, 0.4) is 0 Å². The molecule has 0 aliphatic carbocycles. The second-order valence-electron chi connectivity index (χ2n) is 4.29. The number of rotatable bonds is 6. The molecule has 2 N–H and O–H groups in total.